The van der Waals surface area contributed by atoms with Crippen molar-refractivity contribution in [2.24, 2.45) is 0 Å². The number of benzene rings is 1. The van der Waals surface area contributed by atoms with Crippen molar-refractivity contribution in [2.75, 3.05) is 0 Å². The van der Waals surface area contributed by atoms with Crippen LogP contribution in [0.4, 0.5) is 0 Å². The van der Waals surface area contributed by atoms with Gasteiger partial charge in [0.05, 0.1) is 29.0 Å². The summed E-state index contributed by atoms with van der Waals surface area (Å²) in [5, 5.41) is 8.12. The van der Waals surface area contributed by atoms with Gasteiger partial charge in [-0.25, -0.2) is 9.50 Å². The number of aryl methyl sites for hydroxylation is 2. The molecule has 0 aliphatic heterocycles. The van der Waals surface area contributed by atoms with Crippen molar-refractivity contribution in [3.63, 3.8) is 0 Å². The molecular formula is C19H19N5OS. The highest BCUT2D eigenvalue weighted by Crippen LogP contribution is 2.22. The van der Waals surface area contributed by atoms with Crippen LogP contribution < -0.4 is 5.32 Å². The van der Waals surface area contributed by atoms with E-state index in [0.29, 0.717) is 5.56 Å². The van der Waals surface area contributed by atoms with Gasteiger partial charge in [-0.3, -0.25) is 9.78 Å². The SMILES string of the molecule is CCc1ccc2nc(C)cc(C(=O)NC(C)c3cn4ncsc4n3)c2c1. The van der Waals surface area contributed by atoms with E-state index in [1.54, 1.807) is 10.0 Å². The molecule has 0 saturated carbocycles. The van der Waals surface area contributed by atoms with Crippen LogP contribution in [0, 0.1) is 6.92 Å². The van der Waals surface area contributed by atoms with Gasteiger partial charge >= 0.3 is 0 Å². The lowest BCUT2D eigenvalue weighted by Gasteiger charge is -2.14. The molecule has 26 heavy (non-hydrogen) atoms. The molecule has 1 aromatic carbocycles. The molecule has 3 aromatic heterocycles. The van der Waals surface area contributed by atoms with E-state index in [0.717, 1.165) is 33.7 Å². The summed E-state index contributed by atoms with van der Waals surface area (Å²) in [4.78, 5) is 22.8. The third-order valence-electron chi connectivity index (χ3n) is 4.45. The topological polar surface area (TPSA) is 72.2 Å². The Balaban J connectivity index is 1.67. The number of nitrogens with zero attached hydrogens (tertiary/aromatic N) is 4. The summed E-state index contributed by atoms with van der Waals surface area (Å²) >= 11 is 1.47. The van der Waals surface area contributed by atoms with Gasteiger partial charge in [-0.15, -0.1) is 0 Å². The molecule has 0 aliphatic rings. The van der Waals surface area contributed by atoms with Crippen molar-refractivity contribution >= 4 is 33.1 Å². The fraction of sp³-hybridized carbons (Fsp3) is 0.263. The molecule has 1 N–H and O–H groups in total. The number of hydrogen-bond acceptors (Lipinski definition) is 5. The number of nitrogens with one attached hydrogen (secondary N) is 1. The normalized spacial score (nSPS) is 12.6. The molecular weight excluding hydrogens is 346 g/mol. The van der Waals surface area contributed by atoms with Gasteiger partial charge in [0, 0.05) is 11.1 Å². The molecule has 6 nitrogen and oxygen atoms in total. The van der Waals surface area contributed by atoms with Gasteiger partial charge in [-0.2, -0.15) is 5.10 Å². The van der Waals surface area contributed by atoms with Gasteiger partial charge in [-0.05, 0) is 44.0 Å². The van der Waals surface area contributed by atoms with Crippen molar-refractivity contribution in [1.29, 1.82) is 0 Å². The molecule has 0 fully saturated rings. The third kappa shape index (κ3) is 2.94. The largest absolute Gasteiger partial charge is 0.344 e. The fourth-order valence-electron chi connectivity index (χ4n) is 3.03. The molecule has 3 heterocycles. The number of hydrogen-bond donors (Lipinski definition) is 1. The van der Waals surface area contributed by atoms with Crippen LogP contribution in [-0.2, 0) is 6.42 Å². The Bertz CT molecular complexity index is 1090. The number of imidazole rings is 1. The van der Waals surface area contributed by atoms with Crippen molar-refractivity contribution in [3.8, 4) is 0 Å². The highest BCUT2D eigenvalue weighted by molar-refractivity contribution is 7.14. The number of fused-ring (bicyclic) bond motifs is 2. The van der Waals surface area contributed by atoms with Crippen LogP contribution in [0.15, 0.2) is 36.0 Å². The van der Waals surface area contributed by atoms with E-state index < -0.39 is 0 Å². The minimum absolute atomic E-state index is 0.120. The van der Waals surface area contributed by atoms with Crippen LogP contribution in [0.5, 0.6) is 0 Å². The fourth-order valence-corrected chi connectivity index (χ4v) is 3.63. The lowest BCUT2D eigenvalue weighted by atomic mass is 10.0. The summed E-state index contributed by atoms with van der Waals surface area (Å²) in [5.74, 6) is -0.120. The molecule has 1 amide bonds. The summed E-state index contributed by atoms with van der Waals surface area (Å²) < 4.78 is 1.72. The van der Waals surface area contributed by atoms with Crippen molar-refractivity contribution < 1.29 is 4.79 Å². The standard InChI is InChI=1S/C19H19N5OS/c1-4-13-5-6-16-14(8-13)15(7-11(2)21-16)18(25)22-12(3)17-9-24-19(23-17)26-10-20-24/h5-10,12H,4H2,1-3H3,(H,22,25). The first-order valence-corrected chi connectivity index (χ1v) is 9.43. The summed E-state index contributed by atoms with van der Waals surface area (Å²) in [6.07, 6.45) is 2.77. The minimum atomic E-state index is -0.214. The van der Waals surface area contributed by atoms with E-state index in [1.165, 1.54) is 16.9 Å². The number of pyridine rings is 1. The second-order valence-corrected chi connectivity index (χ2v) is 7.15. The Morgan fingerprint density at radius 3 is 2.92 bits per heavy atom. The number of amides is 1. The lowest BCUT2D eigenvalue weighted by molar-refractivity contribution is 0.0940. The second-order valence-electron chi connectivity index (χ2n) is 6.34. The Labute approximate surface area is 154 Å². The van der Waals surface area contributed by atoms with E-state index in [2.05, 4.69) is 39.4 Å². The highest BCUT2D eigenvalue weighted by Gasteiger charge is 2.18. The zero-order chi connectivity index (χ0) is 18.3. The zero-order valence-electron chi connectivity index (χ0n) is 14.9. The zero-order valence-corrected chi connectivity index (χ0v) is 15.7. The average Bonchev–Trinajstić information content (AvgIpc) is 3.22. The minimum Gasteiger partial charge on any atom is -0.344 e. The summed E-state index contributed by atoms with van der Waals surface area (Å²) in [6, 6.07) is 7.73. The van der Waals surface area contributed by atoms with Crippen LogP contribution in [0.3, 0.4) is 0 Å². The van der Waals surface area contributed by atoms with Crippen LogP contribution in [-0.4, -0.2) is 25.5 Å². The maximum Gasteiger partial charge on any atom is 0.252 e. The Kier molecular flexibility index (Phi) is 4.16. The van der Waals surface area contributed by atoms with Gasteiger partial charge in [-0.1, -0.05) is 24.3 Å². The summed E-state index contributed by atoms with van der Waals surface area (Å²) in [5.41, 5.74) is 6.03. The number of carbonyl (C=O) groups is 1. The maximum absolute atomic E-state index is 13.0. The molecule has 0 spiro atoms. The van der Waals surface area contributed by atoms with Gasteiger partial charge in [0.15, 0.2) is 0 Å². The Hall–Kier alpha value is -2.80. The quantitative estimate of drug-likeness (QED) is 0.598. The summed E-state index contributed by atoms with van der Waals surface area (Å²) in [7, 11) is 0. The van der Waals surface area contributed by atoms with E-state index >= 15 is 0 Å². The van der Waals surface area contributed by atoms with E-state index in [4.69, 9.17) is 0 Å². The first-order valence-electron chi connectivity index (χ1n) is 8.55. The molecule has 0 radical (unpaired) electrons. The van der Waals surface area contributed by atoms with Gasteiger partial charge in [0.1, 0.15) is 5.51 Å². The van der Waals surface area contributed by atoms with E-state index in [9.17, 15) is 4.79 Å². The van der Waals surface area contributed by atoms with Gasteiger partial charge in [0.25, 0.3) is 5.91 Å². The lowest BCUT2D eigenvalue weighted by Crippen LogP contribution is -2.27. The second kappa shape index (κ2) is 6.49. The number of aromatic nitrogens is 4. The van der Waals surface area contributed by atoms with E-state index in [-0.39, 0.29) is 11.9 Å². The molecule has 1 atom stereocenters. The van der Waals surface area contributed by atoms with Crippen LogP contribution >= 0.6 is 11.3 Å². The molecule has 4 aromatic rings. The summed E-state index contributed by atoms with van der Waals surface area (Å²) in [6.45, 7) is 5.93. The monoisotopic (exact) mass is 365 g/mol. The molecule has 1 unspecified atom stereocenters. The molecule has 0 aliphatic carbocycles. The van der Waals surface area contributed by atoms with Crippen LogP contribution in [0.2, 0.25) is 0 Å². The van der Waals surface area contributed by atoms with Crippen molar-refractivity contribution in [3.05, 3.63) is 58.5 Å². The van der Waals surface area contributed by atoms with E-state index in [1.807, 2.05) is 32.2 Å². The number of carbonyl (C=O) groups excluding carboxylic acids is 1. The molecule has 7 heteroatoms. The highest BCUT2D eigenvalue weighted by atomic mass is 32.1. The van der Waals surface area contributed by atoms with Crippen LogP contribution in [0.1, 0.15) is 47.2 Å². The average molecular weight is 365 g/mol. The van der Waals surface area contributed by atoms with Gasteiger partial charge in [0.2, 0.25) is 4.96 Å². The molecule has 4 rings (SSSR count). The predicted octanol–water partition coefficient (Wildman–Crippen LogP) is 3.70. The van der Waals surface area contributed by atoms with Crippen molar-refractivity contribution in [1.82, 2.24) is 24.9 Å². The van der Waals surface area contributed by atoms with Crippen LogP contribution in [0.25, 0.3) is 15.9 Å². The first-order chi connectivity index (χ1) is 12.5. The molecule has 0 saturated heterocycles. The maximum atomic E-state index is 13.0. The Morgan fingerprint density at radius 1 is 1.31 bits per heavy atom. The van der Waals surface area contributed by atoms with Gasteiger partial charge < -0.3 is 5.32 Å². The molecule has 132 valence electrons. The third-order valence-corrected chi connectivity index (χ3v) is 5.14. The smallest absolute Gasteiger partial charge is 0.252 e. The van der Waals surface area contributed by atoms with Crippen molar-refractivity contribution in [2.45, 2.75) is 33.2 Å². The predicted molar refractivity (Wildman–Crippen MR) is 103 cm³/mol. The molecule has 0 bridgehead atoms. The number of rotatable bonds is 4. The Morgan fingerprint density at radius 2 is 2.15 bits per heavy atom. The first kappa shape index (κ1) is 16.7.